The summed E-state index contributed by atoms with van der Waals surface area (Å²) in [6.07, 6.45) is 6.19. The van der Waals surface area contributed by atoms with Crippen molar-refractivity contribution in [2.24, 2.45) is 29.1 Å². The molecule has 5 heteroatoms. The van der Waals surface area contributed by atoms with E-state index in [0.29, 0.717) is 5.69 Å². The van der Waals surface area contributed by atoms with Crippen LogP contribution in [0.25, 0.3) is 0 Å². The number of carboxylic acids is 1. The Morgan fingerprint density at radius 2 is 1.68 bits per heavy atom. The van der Waals surface area contributed by atoms with Crippen LogP contribution in [0.2, 0.25) is 0 Å². The quantitative estimate of drug-likeness (QED) is 0.811. The molecule has 2 bridgehead atoms. The summed E-state index contributed by atoms with van der Waals surface area (Å²) in [5, 5.41) is 12.5. The maximum absolute atomic E-state index is 12.7. The van der Waals surface area contributed by atoms with Crippen LogP contribution in [0.4, 0.5) is 5.69 Å². The Bertz CT molecular complexity index is 678. The van der Waals surface area contributed by atoms with Gasteiger partial charge in [0.1, 0.15) is 0 Å². The molecule has 114 valence electrons. The first-order valence-corrected chi connectivity index (χ1v) is 8.30. The molecule has 0 radical (unpaired) electrons. The van der Waals surface area contributed by atoms with Gasteiger partial charge in [-0.3, -0.25) is 9.59 Å². The van der Waals surface area contributed by atoms with Gasteiger partial charge in [0.25, 0.3) is 0 Å². The van der Waals surface area contributed by atoms with Crippen molar-refractivity contribution >= 4 is 33.5 Å². The minimum absolute atomic E-state index is 0.0238. The van der Waals surface area contributed by atoms with Crippen molar-refractivity contribution in [3.05, 3.63) is 40.9 Å². The number of aliphatic carboxylic acids is 1. The van der Waals surface area contributed by atoms with Gasteiger partial charge in [-0.2, -0.15) is 0 Å². The lowest BCUT2D eigenvalue weighted by atomic mass is 9.82. The zero-order chi connectivity index (χ0) is 15.5. The summed E-state index contributed by atoms with van der Waals surface area (Å²) in [5.41, 5.74) is 0.763. The van der Waals surface area contributed by atoms with Crippen molar-refractivity contribution in [2.75, 3.05) is 5.32 Å². The summed E-state index contributed by atoms with van der Waals surface area (Å²) in [4.78, 5) is 24.4. The fraction of sp³-hybridized carbons (Fsp3) is 0.412. The molecule has 1 spiro atoms. The van der Waals surface area contributed by atoms with Crippen molar-refractivity contribution < 1.29 is 14.7 Å². The topological polar surface area (TPSA) is 66.4 Å². The first kappa shape index (κ1) is 14.0. The predicted molar refractivity (Wildman–Crippen MR) is 85.2 cm³/mol. The number of hydrogen-bond donors (Lipinski definition) is 2. The Morgan fingerprint density at radius 3 is 2.23 bits per heavy atom. The molecule has 2 saturated carbocycles. The molecule has 0 aromatic heterocycles. The molecule has 1 amide bonds. The van der Waals surface area contributed by atoms with E-state index in [2.05, 4.69) is 27.3 Å². The smallest absolute Gasteiger partial charge is 0.307 e. The van der Waals surface area contributed by atoms with Gasteiger partial charge in [0.2, 0.25) is 5.91 Å². The average molecular weight is 362 g/mol. The van der Waals surface area contributed by atoms with Gasteiger partial charge in [0.15, 0.2) is 0 Å². The van der Waals surface area contributed by atoms with E-state index >= 15 is 0 Å². The number of hydrogen-bond acceptors (Lipinski definition) is 2. The second-order valence-electron chi connectivity index (χ2n) is 6.56. The molecule has 1 aromatic carbocycles. The minimum atomic E-state index is -0.848. The lowest BCUT2D eigenvalue weighted by molar-refractivity contribution is -0.146. The van der Waals surface area contributed by atoms with Crippen LogP contribution in [0.15, 0.2) is 40.9 Å². The van der Waals surface area contributed by atoms with Gasteiger partial charge in [0, 0.05) is 10.2 Å². The Hall–Kier alpha value is -1.62. The highest BCUT2D eigenvalue weighted by Crippen LogP contribution is 2.72. The molecule has 3 aliphatic carbocycles. The highest BCUT2D eigenvalue weighted by Gasteiger charge is 2.70. The first-order valence-electron chi connectivity index (χ1n) is 7.50. The standard InChI is InChI=1S/C17H16BrNO3/c18-9-1-3-10(4-2-9)19-15(20)13-11-5-6-12(14(13)16(21)22)17(11)7-8-17/h1-6,11-14H,7-8H2,(H,19,20)(H,21,22)/t11-,12+,13+,14+/m1/s1. The molecule has 4 nitrogen and oxygen atoms in total. The third kappa shape index (κ3) is 1.88. The zero-order valence-electron chi connectivity index (χ0n) is 11.8. The maximum Gasteiger partial charge on any atom is 0.307 e. The van der Waals surface area contributed by atoms with E-state index in [1.54, 1.807) is 0 Å². The molecule has 4 atom stereocenters. The number of benzene rings is 1. The van der Waals surface area contributed by atoms with Crippen molar-refractivity contribution in [2.45, 2.75) is 12.8 Å². The molecule has 4 rings (SSSR count). The van der Waals surface area contributed by atoms with Crippen LogP contribution >= 0.6 is 15.9 Å². The van der Waals surface area contributed by atoms with Gasteiger partial charge in [-0.05, 0) is 54.4 Å². The van der Waals surface area contributed by atoms with Gasteiger partial charge in [-0.15, -0.1) is 0 Å². The SMILES string of the molecule is O=C(Nc1ccc(Br)cc1)[C@@H]1[C@@H](C(=O)O)[C@@H]2C=C[C@H]1C21CC1. The molecule has 0 unspecified atom stereocenters. The minimum Gasteiger partial charge on any atom is -0.481 e. The monoisotopic (exact) mass is 361 g/mol. The number of carbonyl (C=O) groups excluding carboxylic acids is 1. The molecule has 0 aliphatic heterocycles. The number of rotatable bonds is 3. The number of nitrogens with one attached hydrogen (secondary N) is 1. The van der Waals surface area contributed by atoms with E-state index < -0.39 is 17.8 Å². The molecule has 1 aromatic rings. The molecule has 0 saturated heterocycles. The molecular formula is C17H16BrNO3. The van der Waals surface area contributed by atoms with Crippen LogP contribution in [0, 0.1) is 29.1 Å². The normalized spacial score (nSPS) is 33.1. The van der Waals surface area contributed by atoms with E-state index in [1.165, 1.54) is 0 Å². The van der Waals surface area contributed by atoms with Crippen molar-refractivity contribution in [1.29, 1.82) is 0 Å². The van der Waals surface area contributed by atoms with E-state index in [4.69, 9.17) is 0 Å². The zero-order valence-corrected chi connectivity index (χ0v) is 13.4. The van der Waals surface area contributed by atoms with Crippen molar-refractivity contribution in [1.82, 2.24) is 0 Å². The van der Waals surface area contributed by atoms with E-state index in [9.17, 15) is 14.7 Å². The summed E-state index contributed by atoms with van der Waals surface area (Å²) in [6, 6.07) is 7.34. The molecular weight excluding hydrogens is 346 g/mol. The van der Waals surface area contributed by atoms with Gasteiger partial charge in [0.05, 0.1) is 11.8 Å². The maximum atomic E-state index is 12.7. The van der Waals surface area contributed by atoms with E-state index in [1.807, 2.05) is 30.3 Å². The van der Waals surface area contributed by atoms with Crippen LogP contribution in [-0.2, 0) is 9.59 Å². The number of carbonyl (C=O) groups is 2. The third-order valence-corrected chi connectivity index (χ3v) is 6.07. The van der Waals surface area contributed by atoms with Gasteiger partial charge in [-0.1, -0.05) is 28.1 Å². The highest BCUT2D eigenvalue weighted by molar-refractivity contribution is 9.10. The Labute approximate surface area is 136 Å². The Morgan fingerprint density at radius 1 is 1.09 bits per heavy atom. The van der Waals surface area contributed by atoms with E-state index in [-0.39, 0.29) is 23.2 Å². The molecule has 22 heavy (non-hydrogen) atoms. The van der Waals surface area contributed by atoms with Crippen LogP contribution in [-0.4, -0.2) is 17.0 Å². The van der Waals surface area contributed by atoms with Crippen LogP contribution in [0.5, 0.6) is 0 Å². The number of amides is 1. The average Bonchev–Trinajstić information content (AvgIpc) is 3.15. The second-order valence-corrected chi connectivity index (χ2v) is 7.47. The highest BCUT2D eigenvalue weighted by atomic mass is 79.9. The lowest BCUT2D eigenvalue weighted by Crippen LogP contribution is -2.36. The summed E-state index contributed by atoms with van der Waals surface area (Å²) in [7, 11) is 0. The fourth-order valence-corrected chi connectivity index (χ4v) is 4.71. The summed E-state index contributed by atoms with van der Waals surface area (Å²) in [5.74, 6) is -1.96. The van der Waals surface area contributed by atoms with Crippen molar-refractivity contribution in [3.63, 3.8) is 0 Å². The summed E-state index contributed by atoms with van der Waals surface area (Å²) < 4.78 is 0.939. The van der Waals surface area contributed by atoms with Crippen molar-refractivity contribution in [3.8, 4) is 0 Å². The van der Waals surface area contributed by atoms with Gasteiger partial charge in [-0.25, -0.2) is 0 Å². The molecule has 2 fully saturated rings. The molecule has 2 N–H and O–H groups in total. The van der Waals surface area contributed by atoms with Crippen LogP contribution in [0.1, 0.15) is 12.8 Å². The number of allylic oxidation sites excluding steroid dienone is 2. The Kier molecular flexibility index (Phi) is 2.98. The Balaban J connectivity index is 1.60. The van der Waals surface area contributed by atoms with Crippen LogP contribution < -0.4 is 5.32 Å². The number of halogens is 1. The largest absolute Gasteiger partial charge is 0.481 e. The fourth-order valence-electron chi connectivity index (χ4n) is 4.45. The predicted octanol–water partition coefficient (Wildman–Crippen LogP) is 3.30. The third-order valence-electron chi connectivity index (χ3n) is 5.54. The number of carboxylic acid groups (broad SMARTS) is 1. The first-order chi connectivity index (χ1) is 10.5. The van der Waals surface area contributed by atoms with E-state index in [0.717, 1.165) is 17.3 Å². The molecule has 3 aliphatic rings. The van der Waals surface area contributed by atoms with Crippen LogP contribution in [0.3, 0.4) is 0 Å². The second kappa shape index (κ2) is 4.69. The van der Waals surface area contributed by atoms with Gasteiger partial charge < -0.3 is 10.4 Å². The van der Waals surface area contributed by atoms with Gasteiger partial charge >= 0.3 is 5.97 Å². The lowest BCUT2D eigenvalue weighted by Gasteiger charge is -2.23. The molecule has 0 heterocycles. The number of anilines is 1. The summed E-state index contributed by atoms with van der Waals surface area (Å²) in [6.45, 7) is 0. The summed E-state index contributed by atoms with van der Waals surface area (Å²) >= 11 is 3.36.